The minimum Gasteiger partial charge on any atom is -0.337 e. The Balaban J connectivity index is 1.69. The molecule has 144 valence electrons. The van der Waals surface area contributed by atoms with Crippen molar-refractivity contribution in [2.45, 2.75) is 12.1 Å². The molecule has 0 unspecified atom stereocenters. The van der Waals surface area contributed by atoms with Crippen LogP contribution in [-0.4, -0.2) is 12.6 Å². The lowest BCUT2D eigenvalue weighted by Gasteiger charge is -2.19. The fourth-order valence-corrected chi connectivity index (χ4v) is 2.94. The summed E-state index contributed by atoms with van der Waals surface area (Å²) in [4.78, 5) is 12.2. The zero-order valence-corrected chi connectivity index (χ0v) is 14.9. The number of urea groups is 1. The highest BCUT2D eigenvalue weighted by molar-refractivity contribution is 5.89. The van der Waals surface area contributed by atoms with Gasteiger partial charge in [0.05, 0.1) is 5.56 Å². The molecular weight excluding hydrogens is 365 g/mol. The standard InChI is InChI=1S/C22H19F3N2O/c23-22(24,25)18-12-7-13-19(14-18)27-21(28)26-15-20(16-8-3-1-4-9-16)17-10-5-2-6-11-17/h1-14,20H,15H2,(H2,26,27,28). The molecule has 0 spiro atoms. The van der Waals surface area contributed by atoms with Crippen LogP contribution < -0.4 is 10.6 Å². The summed E-state index contributed by atoms with van der Waals surface area (Å²) in [5, 5.41) is 5.22. The van der Waals surface area contributed by atoms with Crippen molar-refractivity contribution >= 4 is 11.7 Å². The first-order valence-electron chi connectivity index (χ1n) is 8.75. The lowest BCUT2D eigenvalue weighted by molar-refractivity contribution is -0.137. The Morgan fingerprint density at radius 3 is 1.93 bits per heavy atom. The van der Waals surface area contributed by atoms with E-state index in [1.54, 1.807) is 0 Å². The van der Waals surface area contributed by atoms with Gasteiger partial charge in [0.1, 0.15) is 0 Å². The van der Waals surface area contributed by atoms with Gasteiger partial charge in [0, 0.05) is 18.2 Å². The van der Waals surface area contributed by atoms with E-state index in [2.05, 4.69) is 10.6 Å². The normalized spacial score (nSPS) is 11.3. The number of benzene rings is 3. The van der Waals surface area contributed by atoms with Crippen LogP contribution >= 0.6 is 0 Å². The molecule has 0 atom stereocenters. The maximum atomic E-state index is 12.8. The minimum absolute atomic E-state index is 0.0744. The fraction of sp³-hybridized carbons (Fsp3) is 0.136. The summed E-state index contributed by atoms with van der Waals surface area (Å²) in [6.45, 7) is 0.304. The topological polar surface area (TPSA) is 41.1 Å². The van der Waals surface area contributed by atoms with E-state index in [0.717, 1.165) is 23.3 Å². The number of hydrogen-bond acceptors (Lipinski definition) is 1. The van der Waals surface area contributed by atoms with Crippen molar-refractivity contribution in [2.24, 2.45) is 0 Å². The van der Waals surface area contributed by atoms with Gasteiger partial charge in [-0.05, 0) is 29.3 Å². The van der Waals surface area contributed by atoms with Gasteiger partial charge in [-0.15, -0.1) is 0 Å². The summed E-state index contributed by atoms with van der Waals surface area (Å²) in [6, 6.07) is 23.4. The van der Waals surface area contributed by atoms with E-state index in [1.165, 1.54) is 12.1 Å². The van der Waals surface area contributed by atoms with Gasteiger partial charge < -0.3 is 10.6 Å². The van der Waals surface area contributed by atoms with Gasteiger partial charge in [-0.25, -0.2) is 4.79 Å². The maximum absolute atomic E-state index is 12.8. The van der Waals surface area contributed by atoms with E-state index in [4.69, 9.17) is 0 Å². The van der Waals surface area contributed by atoms with Crippen molar-refractivity contribution in [3.8, 4) is 0 Å². The zero-order valence-electron chi connectivity index (χ0n) is 14.9. The van der Waals surface area contributed by atoms with Crippen molar-refractivity contribution in [2.75, 3.05) is 11.9 Å². The van der Waals surface area contributed by atoms with Crippen LogP contribution in [0.2, 0.25) is 0 Å². The molecule has 0 saturated heterocycles. The number of anilines is 1. The quantitative estimate of drug-likeness (QED) is 0.586. The molecule has 2 N–H and O–H groups in total. The van der Waals surface area contributed by atoms with Crippen molar-refractivity contribution in [1.82, 2.24) is 5.32 Å². The molecular formula is C22H19F3N2O. The summed E-state index contributed by atoms with van der Waals surface area (Å²) in [6.07, 6.45) is -4.46. The summed E-state index contributed by atoms with van der Waals surface area (Å²) < 4.78 is 38.4. The molecule has 0 aliphatic rings. The Morgan fingerprint density at radius 2 is 1.39 bits per heavy atom. The SMILES string of the molecule is O=C(NCC(c1ccccc1)c1ccccc1)Nc1cccc(C(F)(F)F)c1. The molecule has 0 saturated carbocycles. The average molecular weight is 384 g/mol. The Kier molecular flexibility index (Phi) is 5.99. The molecule has 0 bridgehead atoms. The third kappa shape index (κ3) is 5.13. The number of halogens is 3. The number of alkyl halides is 3. The molecule has 3 aromatic carbocycles. The Labute approximate surface area is 161 Å². The van der Waals surface area contributed by atoms with Crippen LogP contribution in [0, 0.1) is 0 Å². The van der Waals surface area contributed by atoms with Gasteiger partial charge in [0.25, 0.3) is 0 Å². The summed E-state index contributed by atoms with van der Waals surface area (Å²) in [7, 11) is 0. The lowest BCUT2D eigenvalue weighted by Crippen LogP contribution is -2.32. The van der Waals surface area contributed by atoms with Crippen LogP contribution in [0.4, 0.5) is 23.7 Å². The summed E-state index contributed by atoms with van der Waals surface area (Å²) >= 11 is 0. The van der Waals surface area contributed by atoms with Gasteiger partial charge in [-0.1, -0.05) is 66.7 Å². The molecule has 2 amide bonds. The number of carbonyl (C=O) groups excluding carboxylic acids is 1. The van der Waals surface area contributed by atoms with Crippen LogP contribution in [0.1, 0.15) is 22.6 Å². The second-order valence-corrected chi connectivity index (χ2v) is 6.29. The fourth-order valence-electron chi connectivity index (χ4n) is 2.94. The van der Waals surface area contributed by atoms with Crippen LogP contribution in [0.15, 0.2) is 84.9 Å². The molecule has 0 aliphatic heterocycles. The molecule has 28 heavy (non-hydrogen) atoms. The van der Waals surface area contributed by atoms with Gasteiger partial charge in [0.15, 0.2) is 0 Å². The number of amides is 2. The van der Waals surface area contributed by atoms with Crippen molar-refractivity contribution in [1.29, 1.82) is 0 Å². The first kappa shape index (κ1) is 19.5. The monoisotopic (exact) mass is 384 g/mol. The van der Waals surface area contributed by atoms with Gasteiger partial charge >= 0.3 is 12.2 Å². The Bertz CT molecular complexity index is 872. The molecule has 0 radical (unpaired) electrons. The highest BCUT2D eigenvalue weighted by atomic mass is 19.4. The molecule has 0 aliphatic carbocycles. The molecule has 3 aromatic rings. The summed E-state index contributed by atoms with van der Waals surface area (Å²) in [5.74, 6) is -0.0744. The van der Waals surface area contributed by atoms with E-state index in [1.807, 2.05) is 60.7 Å². The van der Waals surface area contributed by atoms with Crippen molar-refractivity contribution in [3.05, 3.63) is 102 Å². The first-order valence-corrected chi connectivity index (χ1v) is 8.75. The molecule has 3 rings (SSSR count). The molecule has 6 heteroatoms. The van der Waals surface area contributed by atoms with Gasteiger partial charge in [0.2, 0.25) is 0 Å². The lowest BCUT2D eigenvalue weighted by atomic mass is 9.91. The van der Waals surface area contributed by atoms with E-state index in [-0.39, 0.29) is 11.6 Å². The zero-order chi connectivity index (χ0) is 20.0. The van der Waals surface area contributed by atoms with Crippen LogP contribution in [-0.2, 0) is 6.18 Å². The number of hydrogen-bond donors (Lipinski definition) is 2. The third-order valence-electron chi connectivity index (χ3n) is 4.32. The second-order valence-electron chi connectivity index (χ2n) is 6.29. The van der Waals surface area contributed by atoms with Gasteiger partial charge in [-0.2, -0.15) is 13.2 Å². The molecule has 0 heterocycles. The summed E-state index contributed by atoms with van der Waals surface area (Å²) in [5.41, 5.74) is 1.35. The minimum atomic E-state index is -4.46. The van der Waals surface area contributed by atoms with E-state index < -0.39 is 17.8 Å². The first-order chi connectivity index (χ1) is 13.4. The van der Waals surface area contributed by atoms with Crippen LogP contribution in [0.25, 0.3) is 0 Å². The van der Waals surface area contributed by atoms with Crippen LogP contribution in [0.3, 0.4) is 0 Å². The highest BCUT2D eigenvalue weighted by Gasteiger charge is 2.30. The van der Waals surface area contributed by atoms with Crippen molar-refractivity contribution < 1.29 is 18.0 Å². The second kappa shape index (κ2) is 8.61. The largest absolute Gasteiger partial charge is 0.416 e. The number of carbonyl (C=O) groups is 1. The molecule has 0 aromatic heterocycles. The third-order valence-corrected chi connectivity index (χ3v) is 4.32. The number of nitrogens with one attached hydrogen (secondary N) is 2. The van der Waals surface area contributed by atoms with E-state index in [0.29, 0.717) is 6.54 Å². The Hall–Kier alpha value is -3.28. The van der Waals surface area contributed by atoms with Crippen molar-refractivity contribution in [3.63, 3.8) is 0 Å². The predicted molar refractivity (Wildman–Crippen MR) is 103 cm³/mol. The van der Waals surface area contributed by atoms with Gasteiger partial charge in [-0.3, -0.25) is 0 Å². The maximum Gasteiger partial charge on any atom is 0.416 e. The predicted octanol–water partition coefficient (Wildman–Crippen LogP) is 5.66. The number of rotatable bonds is 5. The van der Waals surface area contributed by atoms with Crippen LogP contribution in [0.5, 0.6) is 0 Å². The molecule has 0 fully saturated rings. The average Bonchev–Trinajstić information content (AvgIpc) is 2.69. The highest BCUT2D eigenvalue weighted by Crippen LogP contribution is 2.30. The van der Waals surface area contributed by atoms with E-state index in [9.17, 15) is 18.0 Å². The molecule has 3 nitrogen and oxygen atoms in total. The Morgan fingerprint density at radius 1 is 0.821 bits per heavy atom. The smallest absolute Gasteiger partial charge is 0.337 e. The van der Waals surface area contributed by atoms with E-state index >= 15 is 0 Å².